The number of hydrogen-bond donors (Lipinski definition) is 1. The fraction of sp³-hybridized carbons (Fsp3) is 0.333. The van der Waals surface area contributed by atoms with Crippen LogP contribution in [0.5, 0.6) is 0 Å². The second-order valence-electron chi connectivity index (χ2n) is 4.58. The first kappa shape index (κ1) is 14.1. The second-order valence-corrected chi connectivity index (χ2v) is 4.58. The van der Waals surface area contributed by atoms with Crippen LogP contribution in [0.2, 0.25) is 0 Å². The second kappa shape index (κ2) is 5.35. The van der Waals surface area contributed by atoms with E-state index in [2.05, 4.69) is 10.1 Å². The number of aromatic nitrogens is 2. The predicted molar refractivity (Wildman–Crippen MR) is 69.8 cm³/mol. The van der Waals surface area contributed by atoms with E-state index in [-0.39, 0.29) is 18.2 Å². The normalized spacial score (nSPS) is 13.9. The van der Waals surface area contributed by atoms with E-state index in [4.69, 9.17) is 15.0 Å². The number of non-ortho nitro benzene ring substituents is 1. The Balaban J connectivity index is 2.26. The van der Waals surface area contributed by atoms with Crippen LogP contribution >= 0.6 is 0 Å². The Bertz CT molecular complexity index is 606. The number of hydrogen-bond acceptors (Lipinski definition) is 7. The highest BCUT2D eigenvalue weighted by Crippen LogP contribution is 2.23. The van der Waals surface area contributed by atoms with Crippen LogP contribution in [0.15, 0.2) is 28.8 Å². The maximum atomic E-state index is 10.6. The topological polar surface area (TPSA) is 117 Å². The van der Waals surface area contributed by atoms with Gasteiger partial charge in [-0.3, -0.25) is 10.1 Å². The number of nitrogens with two attached hydrogens (primary N) is 1. The molecule has 1 heterocycles. The molecule has 1 aromatic heterocycles. The quantitative estimate of drug-likeness (QED) is 0.649. The van der Waals surface area contributed by atoms with Gasteiger partial charge in [-0.05, 0) is 19.1 Å². The van der Waals surface area contributed by atoms with Gasteiger partial charge in [0.25, 0.3) is 11.6 Å². The van der Waals surface area contributed by atoms with E-state index in [0.717, 1.165) is 0 Å². The van der Waals surface area contributed by atoms with E-state index in [9.17, 15) is 10.1 Å². The molecule has 0 amide bonds. The van der Waals surface area contributed by atoms with E-state index in [1.807, 2.05) is 0 Å². The molecule has 0 fully saturated rings. The number of nitro groups is 1. The fourth-order valence-corrected chi connectivity index (χ4v) is 1.66. The summed E-state index contributed by atoms with van der Waals surface area (Å²) >= 11 is 0. The summed E-state index contributed by atoms with van der Waals surface area (Å²) in [6.45, 7) is 1.97. The van der Waals surface area contributed by atoms with Gasteiger partial charge in [0.2, 0.25) is 0 Å². The van der Waals surface area contributed by atoms with Crippen LogP contribution in [-0.4, -0.2) is 28.8 Å². The van der Waals surface area contributed by atoms with E-state index < -0.39 is 10.5 Å². The minimum absolute atomic E-state index is 0.00321. The Labute approximate surface area is 114 Å². The lowest BCUT2D eigenvalue weighted by Crippen LogP contribution is -2.38. The lowest BCUT2D eigenvalue weighted by molar-refractivity contribution is -0.384. The van der Waals surface area contributed by atoms with Crippen molar-refractivity contribution < 1.29 is 14.2 Å². The fourth-order valence-electron chi connectivity index (χ4n) is 1.66. The molecule has 0 saturated carbocycles. The van der Waals surface area contributed by atoms with Gasteiger partial charge in [-0.15, -0.1) is 0 Å². The van der Waals surface area contributed by atoms with Crippen molar-refractivity contribution in [3.8, 4) is 11.5 Å². The van der Waals surface area contributed by atoms with Crippen LogP contribution in [-0.2, 0) is 10.3 Å². The van der Waals surface area contributed by atoms with Gasteiger partial charge in [0.05, 0.1) is 11.5 Å². The summed E-state index contributed by atoms with van der Waals surface area (Å²) < 4.78 is 10.1. The zero-order valence-electron chi connectivity index (χ0n) is 11.1. The molecule has 8 nitrogen and oxygen atoms in total. The number of nitro benzene ring substituents is 1. The Morgan fingerprint density at radius 2 is 2.10 bits per heavy atom. The number of rotatable bonds is 5. The molecule has 106 valence electrons. The van der Waals surface area contributed by atoms with Crippen LogP contribution in [0, 0.1) is 10.1 Å². The minimum Gasteiger partial charge on any atom is -0.382 e. The first-order chi connectivity index (χ1) is 9.44. The minimum atomic E-state index is -0.864. The van der Waals surface area contributed by atoms with Gasteiger partial charge in [0.15, 0.2) is 5.82 Å². The number of benzene rings is 1. The smallest absolute Gasteiger partial charge is 0.269 e. The number of nitrogens with zero attached hydrogens (tertiary/aromatic N) is 3. The van der Waals surface area contributed by atoms with Gasteiger partial charge in [0.1, 0.15) is 5.54 Å². The molecule has 2 rings (SSSR count). The van der Waals surface area contributed by atoms with Crippen molar-refractivity contribution >= 4 is 5.69 Å². The zero-order valence-corrected chi connectivity index (χ0v) is 11.1. The molecule has 0 radical (unpaired) electrons. The lowest BCUT2D eigenvalue weighted by Gasteiger charge is -2.18. The molecule has 0 saturated heterocycles. The molecule has 2 N–H and O–H groups in total. The van der Waals surface area contributed by atoms with E-state index in [1.54, 1.807) is 19.1 Å². The van der Waals surface area contributed by atoms with E-state index >= 15 is 0 Å². The largest absolute Gasteiger partial charge is 0.382 e. The number of ether oxygens (including phenoxy) is 1. The molecule has 8 heteroatoms. The Kier molecular flexibility index (Phi) is 3.77. The van der Waals surface area contributed by atoms with Crippen molar-refractivity contribution in [2.45, 2.75) is 12.5 Å². The summed E-state index contributed by atoms with van der Waals surface area (Å²) in [5, 5.41) is 14.4. The first-order valence-electron chi connectivity index (χ1n) is 5.81. The molecule has 2 aromatic rings. The molecule has 1 aromatic carbocycles. The van der Waals surface area contributed by atoms with Gasteiger partial charge in [0, 0.05) is 24.8 Å². The molecule has 1 unspecified atom stereocenters. The van der Waals surface area contributed by atoms with Gasteiger partial charge in [-0.2, -0.15) is 4.98 Å². The van der Waals surface area contributed by atoms with Gasteiger partial charge >= 0.3 is 0 Å². The summed E-state index contributed by atoms with van der Waals surface area (Å²) in [4.78, 5) is 14.3. The molecular formula is C12H14N4O4. The van der Waals surface area contributed by atoms with E-state index in [1.165, 1.54) is 19.2 Å². The van der Waals surface area contributed by atoms with E-state index in [0.29, 0.717) is 11.4 Å². The summed E-state index contributed by atoms with van der Waals surface area (Å²) in [5.74, 6) is 0.565. The highest BCUT2D eigenvalue weighted by molar-refractivity contribution is 5.55. The summed E-state index contributed by atoms with van der Waals surface area (Å²) in [5.41, 5.74) is 5.72. The highest BCUT2D eigenvalue weighted by atomic mass is 16.6. The Hall–Kier alpha value is -2.32. The summed E-state index contributed by atoms with van der Waals surface area (Å²) in [6.07, 6.45) is 0. The first-order valence-corrected chi connectivity index (χ1v) is 5.81. The molecule has 0 bridgehead atoms. The van der Waals surface area contributed by atoms with Crippen molar-refractivity contribution in [2.24, 2.45) is 5.73 Å². The van der Waals surface area contributed by atoms with Crippen molar-refractivity contribution in [3.05, 3.63) is 40.2 Å². The predicted octanol–water partition coefficient (Wildman–Crippen LogP) is 1.47. The van der Waals surface area contributed by atoms with Gasteiger partial charge in [-0.25, -0.2) is 0 Å². The van der Waals surface area contributed by atoms with Crippen LogP contribution in [0.25, 0.3) is 11.5 Å². The van der Waals surface area contributed by atoms with Crippen molar-refractivity contribution in [1.29, 1.82) is 0 Å². The maximum Gasteiger partial charge on any atom is 0.269 e. The third-order valence-corrected chi connectivity index (χ3v) is 2.71. The average molecular weight is 278 g/mol. The van der Waals surface area contributed by atoms with Gasteiger partial charge < -0.3 is 15.0 Å². The van der Waals surface area contributed by atoms with Crippen molar-refractivity contribution in [2.75, 3.05) is 13.7 Å². The summed E-state index contributed by atoms with van der Waals surface area (Å²) in [7, 11) is 1.53. The molecule has 0 aliphatic heterocycles. The monoisotopic (exact) mass is 278 g/mol. The van der Waals surface area contributed by atoms with Crippen LogP contribution in [0.3, 0.4) is 0 Å². The molecule has 1 atom stereocenters. The highest BCUT2D eigenvalue weighted by Gasteiger charge is 2.27. The molecule has 0 aliphatic rings. The molecule has 0 aliphatic carbocycles. The van der Waals surface area contributed by atoms with Crippen molar-refractivity contribution in [3.63, 3.8) is 0 Å². The Morgan fingerprint density at radius 1 is 1.45 bits per heavy atom. The average Bonchev–Trinajstić information content (AvgIpc) is 2.89. The third-order valence-electron chi connectivity index (χ3n) is 2.71. The van der Waals surface area contributed by atoms with Crippen LogP contribution in [0.4, 0.5) is 5.69 Å². The number of methoxy groups -OCH3 is 1. The zero-order chi connectivity index (χ0) is 14.8. The maximum absolute atomic E-state index is 10.6. The molecule has 0 spiro atoms. The lowest BCUT2D eigenvalue weighted by atomic mass is 10.1. The molecular weight excluding hydrogens is 264 g/mol. The van der Waals surface area contributed by atoms with Crippen LogP contribution in [0.1, 0.15) is 12.7 Å². The van der Waals surface area contributed by atoms with Gasteiger partial charge in [-0.1, -0.05) is 5.16 Å². The Morgan fingerprint density at radius 3 is 2.65 bits per heavy atom. The summed E-state index contributed by atoms with van der Waals surface area (Å²) in [6, 6.07) is 5.82. The molecule has 20 heavy (non-hydrogen) atoms. The van der Waals surface area contributed by atoms with Crippen molar-refractivity contribution in [1.82, 2.24) is 10.1 Å². The SMILES string of the molecule is COCC(C)(N)c1noc(-c2ccc([N+](=O)[O-])cc2)n1. The third kappa shape index (κ3) is 2.81. The standard InChI is InChI=1S/C12H14N4O4/c1-12(13,7-19-2)11-14-10(20-15-11)8-3-5-9(6-4-8)16(17)18/h3-6H,7,13H2,1-2H3. The van der Waals surface area contributed by atoms with Crippen LogP contribution < -0.4 is 5.73 Å².